The second-order valence-corrected chi connectivity index (χ2v) is 8.07. The summed E-state index contributed by atoms with van der Waals surface area (Å²) < 4.78 is 0. The summed E-state index contributed by atoms with van der Waals surface area (Å²) in [5.74, 6) is 0. The van der Waals surface area contributed by atoms with Crippen LogP contribution in [0.25, 0.3) is 0 Å². The molecule has 1 aliphatic heterocycles. The van der Waals surface area contributed by atoms with Crippen LogP contribution in [0.15, 0.2) is 0 Å². The fourth-order valence-electron chi connectivity index (χ4n) is 3.35. The molecule has 0 aromatic carbocycles. The molecule has 0 radical (unpaired) electrons. The normalized spacial score (nSPS) is 34.8. The van der Waals surface area contributed by atoms with Gasteiger partial charge in [0.2, 0.25) is 0 Å². The van der Waals surface area contributed by atoms with E-state index in [0.717, 1.165) is 10.5 Å². The summed E-state index contributed by atoms with van der Waals surface area (Å²) in [5, 5.41) is 1.58. The molecule has 2 atom stereocenters. The fraction of sp³-hybridized carbons (Fsp3) is 1.00. The maximum absolute atomic E-state index is 6.51. The standard InChI is InChI=1S/C14H28N2S/c1-12-10-16(11-13(2)17-12)9-8-14(15)6-4-3-5-7-14/h12-13H,3-11,15H2,1-2H3. The Hall–Kier alpha value is 0.270. The number of nitrogens with two attached hydrogens (primary N) is 1. The van der Waals surface area contributed by atoms with Crippen LogP contribution in [0.4, 0.5) is 0 Å². The molecule has 1 heterocycles. The average molecular weight is 256 g/mol. The number of rotatable bonds is 3. The zero-order valence-electron chi connectivity index (χ0n) is 11.5. The van der Waals surface area contributed by atoms with E-state index in [1.807, 2.05) is 0 Å². The molecule has 0 aromatic heterocycles. The van der Waals surface area contributed by atoms with Crippen molar-refractivity contribution >= 4 is 11.8 Å². The molecule has 17 heavy (non-hydrogen) atoms. The van der Waals surface area contributed by atoms with Crippen LogP contribution in [-0.4, -0.2) is 40.6 Å². The van der Waals surface area contributed by atoms with Gasteiger partial charge in [0.15, 0.2) is 0 Å². The predicted octanol–water partition coefficient (Wildman–Crippen LogP) is 2.86. The van der Waals surface area contributed by atoms with Crippen LogP contribution in [0.2, 0.25) is 0 Å². The SMILES string of the molecule is CC1CN(CCC2(N)CCCCC2)CC(C)S1. The molecule has 0 amide bonds. The van der Waals surface area contributed by atoms with Crippen molar-refractivity contribution in [2.24, 2.45) is 5.73 Å². The summed E-state index contributed by atoms with van der Waals surface area (Å²) in [7, 11) is 0. The minimum Gasteiger partial charge on any atom is -0.325 e. The van der Waals surface area contributed by atoms with Gasteiger partial charge in [0, 0.05) is 29.1 Å². The highest BCUT2D eigenvalue weighted by atomic mass is 32.2. The van der Waals surface area contributed by atoms with E-state index in [0.29, 0.717) is 0 Å². The fourth-order valence-corrected chi connectivity index (χ4v) is 4.74. The molecule has 2 nitrogen and oxygen atoms in total. The number of hydrogen-bond donors (Lipinski definition) is 1. The summed E-state index contributed by atoms with van der Waals surface area (Å²) >= 11 is 2.13. The van der Waals surface area contributed by atoms with Crippen molar-refractivity contribution in [3.05, 3.63) is 0 Å². The van der Waals surface area contributed by atoms with Gasteiger partial charge in [-0.2, -0.15) is 11.8 Å². The number of thioether (sulfide) groups is 1. The molecule has 0 bridgehead atoms. The van der Waals surface area contributed by atoms with Crippen molar-refractivity contribution in [2.75, 3.05) is 19.6 Å². The third-order valence-electron chi connectivity index (χ3n) is 4.27. The van der Waals surface area contributed by atoms with Gasteiger partial charge in [-0.3, -0.25) is 0 Å². The molecule has 3 heteroatoms. The average Bonchev–Trinajstić information content (AvgIpc) is 2.26. The van der Waals surface area contributed by atoms with Crippen molar-refractivity contribution in [1.82, 2.24) is 4.90 Å². The van der Waals surface area contributed by atoms with E-state index in [4.69, 9.17) is 5.73 Å². The van der Waals surface area contributed by atoms with Crippen LogP contribution in [0, 0.1) is 0 Å². The van der Waals surface area contributed by atoms with Crippen molar-refractivity contribution < 1.29 is 0 Å². The van der Waals surface area contributed by atoms with E-state index in [1.165, 1.54) is 58.2 Å². The van der Waals surface area contributed by atoms with E-state index < -0.39 is 0 Å². The molecule has 0 aromatic rings. The second kappa shape index (κ2) is 5.94. The van der Waals surface area contributed by atoms with E-state index in [2.05, 4.69) is 30.5 Å². The smallest absolute Gasteiger partial charge is 0.0166 e. The maximum Gasteiger partial charge on any atom is 0.0166 e. The monoisotopic (exact) mass is 256 g/mol. The van der Waals surface area contributed by atoms with Crippen molar-refractivity contribution in [2.45, 2.75) is 68.4 Å². The van der Waals surface area contributed by atoms with Gasteiger partial charge in [0.25, 0.3) is 0 Å². The number of hydrogen-bond acceptors (Lipinski definition) is 3. The van der Waals surface area contributed by atoms with Crippen LogP contribution in [0.1, 0.15) is 52.4 Å². The lowest BCUT2D eigenvalue weighted by Crippen LogP contribution is -2.47. The van der Waals surface area contributed by atoms with Crippen LogP contribution in [-0.2, 0) is 0 Å². The van der Waals surface area contributed by atoms with E-state index in [-0.39, 0.29) is 5.54 Å². The molecule has 2 aliphatic rings. The molecule has 1 aliphatic carbocycles. The first-order valence-corrected chi connectivity index (χ1v) is 8.18. The van der Waals surface area contributed by atoms with Crippen molar-refractivity contribution in [3.8, 4) is 0 Å². The lowest BCUT2D eigenvalue weighted by molar-refractivity contribution is 0.206. The molecular weight excluding hydrogens is 228 g/mol. The largest absolute Gasteiger partial charge is 0.325 e. The lowest BCUT2D eigenvalue weighted by atomic mass is 9.80. The van der Waals surface area contributed by atoms with Crippen molar-refractivity contribution in [3.63, 3.8) is 0 Å². The highest BCUT2D eigenvalue weighted by Crippen LogP contribution is 2.30. The first kappa shape index (κ1) is 13.7. The molecule has 2 rings (SSSR count). The Morgan fingerprint density at radius 2 is 1.71 bits per heavy atom. The van der Waals surface area contributed by atoms with Gasteiger partial charge in [0.05, 0.1) is 0 Å². The first-order chi connectivity index (χ1) is 8.07. The van der Waals surface area contributed by atoms with E-state index in [1.54, 1.807) is 0 Å². The van der Waals surface area contributed by atoms with Gasteiger partial charge in [-0.25, -0.2) is 0 Å². The van der Waals surface area contributed by atoms with Gasteiger partial charge >= 0.3 is 0 Å². The minimum atomic E-state index is 0.162. The Bertz CT molecular complexity index is 228. The molecular formula is C14H28N2S. The Morgan fingerprint density at radius 1 is 1.12 bits per heavy atom. The second-order valence-electron chi connectivity index (χ2n) is 6.19. The quantitative estimate of drug-likeness (QED) is 0.842. The molecule has 2 unspecified atom stereocenters. The molecule has 100 valence electrons. The van der Waals surface area contributed by atoms with Gasteiger partial charge in [-0.15, -0.1) is 0 Å². The molecule has 0 spiro atoms. The third-order valence-corrected chi connectivity index (χ3v) is 5.50. The molecule has 1 saturated carbocycles. The summed E-state index contributed by atoms with van der Waals surface area (Å²) in [6.07, 6.45) is 7.80. The van der Waals surface area contributed by atoms with E-state index >= 15 is 0 Å². The Kier molecular flexibility index (Phi) is 4.79. The van der Waals surface area contributed by atoms with Gasteiger partial charge < -0.3 is 10.6 Å². The first-order valence-electron chi connectivity index (χ1n) is 7.24. The molecule has 2 N–H and O–H groups in total. The summed E-state index contributed by atoms with van der Waals surface area (Å²) in [4.78, 5) is 2.63. The lowest BCUT2D eigenvalue weighted by Gasteiger charge is -2.39. The van der Waals surface area contributed by atoms with Gasteiger partial charge in [-0.05, 0) is 25.8 Å². The van der Waals surface area contributed by atoms with Crippen LogP contribution in [0.3, 0.4) is 0 Å². The Labute approximate surface area is 111 Å². The highest BCUT2D eigenvalue weighted by Gasteiger charge is 2.29. The molecule has 1 saturated heterocycles. The topological polar surface area (TPSA) is 29.3 Å². The zero-order chi connectivity index (χ0) is 12.3. The van der Waals surface area contributed by atoms with Crippen LogP contribution in [0.5, 0.6) is 0 Å². The summed E-state index contributed by atoms with van der Waals surface area (Å²) in [6, 6.07) is 0. The highest BCUT2D eigenvalue weighted by molar-refractivity contribution is 8.00. The summed E-state index contributed by atoms with van der Waals surface area (Å²) in [6.45, 7) is 8.43. The third kappa shape index (κ3) is 4.15. The zero-order valence-corrected chi connectivity index (χ0v) is 12.3. The Balaban J connectivity index is 1.76. The number of nitrogens with zero attached hydrogens (tertiary/aromatic N) is 1. The minimum absolute atomic E-state index is 0.162. The van der Waals surface area contributed by atoms with Crippen LogP contribution >= 0.6 is 11.8 Å². The Morgan fingerprint density at radius 3 is 2.29 bits per heavy atom. The predicted molar refractivity (Wildman–Crippen MR) is 77.6 cm³/mol. The molecule has 2 fully saturated rings. The van der Waals surface area contributed by atoms with Gasteiger partial charge in [-0.1, -0.05) is 33.1 Å². The van der Waals surface area contributed by atoms with Crippen LogP contribution < -0.4 is 5.73 Å². The van der Waals surface area contributed by atoms with Crippen molar-refractivity contribution in [1.29, 1.82) is 0 Å². The van der Waals surface area contributed by atoms with E-state index in [9.17, 15) is 0 Å². The maximum atomic E-state index is 6.51. The summed E-state index contributed by atoms with van der Waals surface area (Å²) in [5.41, 5.74) is 6.68. The van der Waals surface area contributed by atoms with Gasteiger partial charge in [0.1, 0.15) is 0 Å².